The van der Waals surface area contributed by atoms with Crippen LogP contribution in [0.4, 0.5) is 5.82 Å². The number of carbonyl (C=O) groups excluding carboxylic acids is 1. The van der Waals surface area contributed by atoms with Gasteiger partial charge in [-0.05, 0) is 43.1 Å². The van der Waals surface area contributed by atoms with Gasteiger partial charge in [0.2, 0.25) is 11.7 Å². The van der Waals surface area contributed by atoms with Crippen LogP contribution in [0.15, 0.2) is 64.6 Å². The second kappa shape index (κ2) is 10.4. The number of nitrogens with zero attached hydrogens (tertiary/aromatic N) is 4. The highest BCUT2D eigenvalue weighted by Gasteiger charge is 2.32. The van der Waals surface area contributed by atoms with E-state index >= 15 is 0 Å². The van der Waals surface area contributed by atoms with Crippen LogP contribution >= 0.6 is 11.9 Å². The molecule has 3 aliphatic rings. The maximum atomic E-state index is 12.5. The van der Waals surface area contributed by atoms with E-state index in [1.807, 2.05) is 49.7 Å². The molecule has 5 rings (SSSR count). The first-order chi connectivity index (χ1) is 16.6. The molecule has 1 unspecified atom stereocenters. The van der Waals surface area contributed by atoms with Gasteiger partial charge in [-0.3, -0.25) is 24.4 Å². The van der Waals surface area contributed by atoms with Crippen LogP contribution in [0, 0.1) is 6.92 Å². The van der Waals surface area contributed by atoms with Gasteiger partial charge in [0.05, 0.1) is 25.6 Å². The number of aryl methyl sites for hydroxylation is 1. The molecule has 2 aromatic rings. The van der Waals surface area contributed by atoms with Gasteiger partial charge in [-0.1, -0.05) is 0 Å². The molecule has 11 heteroatoms. The Morgan fingerprint density at radius 3 is 2.85 bits per heavy atom. The largest absolute Gasteiger partial charge is 0.379 e. The van der Waals surface area contributed by atoms with Crippen LogP contribution in [0.2, 0.25) is 0 Å². The van der Waals surface area contributed by atoms with Gasteiger partial charge >= 0.3 is 0 Å². The van der Waals surface area contributed by atoms with E-state index in [4.69, 9.17) is 4.74 Å². The van der Waals surface area contributed by atoms with Crippen LogP contribution < -0.4 is 15.5 Å². The molecule has 4 N–H and O–H groups in total. The van der Waals surface area contributed by atoms with E-state index in [0.29, 0.717) is 18.7 Å². The summed E-state index contributed by atoms with van der Waals surface area (Å²) in [6.45, 7) is 7.52. The van der Waals surface area contributed by atoms with Crippen molar-refractivity contribution in [1.29, 1.82) is 0 Å². The van der Waals surface area contributed by atoms with Crippen LogP contribution in [0.3, 0.4) is 0 Å². The van der Waals surface area contributed by atoms with E-state index < -0.39 is 0 Å². The Morgan fingerprint density at radius 1 is 1.26 bits per heavy atom. The monoisotopic (exact) mass is 481 g/mol. The number of aromatic nitrogens is 2. The lowest BCUT2D eigenvalue weighted by molar-refractivity contribution is -0.699. The molecular weight excluding hydrogens is 452 g/mol. The van der Waals surface area contributed by atoms with E-state index in [1.165, 1.54) is 0 Å². The normalized spacial score (nSPS) is 20.0. The standard InChI is InChI=1S/C23H28N8O2S/c1-17-14-20(28-27-17)26-22-16-30(15-21-24-7-9-31(21)22)34-19-4-2-18(3-5-19)23(32)25-6-8-29-10-12-33-13-11-29/h2-5,7,9,14,16H,6,8,10-13,15H2,1H3,(H,25,32)(H2,26,27,28)/p+1. The van der Waals surface area contributed by atoms with E-state index in [-0.39, 0.29) is 5.91 Å². The second-order valence-electron chi connectivity index (χ2n) is 8.31. The molecule has 0 aliphatic carbocycles. The summed E-state index contributed by atoms with van der Waals surface area (Å²) in [7, 11) is 0. The molecule has 1 fully saturated rings. The third-order valence-corrected chi connectivity index (χ3v) is 6.73. The molecular formula is C23H29N8O2S+. The highest BCUT2D eigenvalue weighted by atomic mass is 32.2. The summed E-state index contributed by atoms with van der Waals surface area (Å²) >= 11 is 1.61. The number of aliphatic imine (C=N–C) groups is 1. The summed E-state index contributed by atoms with van der Waals surface area (Å²) in [4.78, 5) is 21.5. The lowest BCUT2D eigenvalue weighted by Crippen LogP contribution is -3.10. The van der Waals surface area contributed by atoms with E-state index in [1.54, 1.807) is 11.9 Å². The van der Waals surface area contributed by atoms with Gasteiger partial charge in [-0.2, -0.15) is 5.10 Å². The topological polar surface area (TPSA) is 102 Å². The molecule has 1 amide bonds. The number of carbonyl (C=O) groups is 1. The number of ether oxygens (including phenoxy) is 1. The van der Waals surface area contributed by atoms with Crippen molar-refractivity contribution >= 4 is 29.5 Å². The summed E-state index contributed by atoms with van der Waals surface area (Å²) in [5.74, 6) is 2.69. The Kier molecular flexibility index (Phi) is 6.95. The predicted molar refractivity (Wildman–Crippen MR) is 131 cm³/mol. The fourth-order valence-corrected chi connectivity index (χ4v) is 4.85. The molecule has 0 spiro atoms. The van der Waals surface area contributed by atoms with Crippen molar-refractivity contribution < 1.29 is 14.4 Å². The Bertz CT molecular complexity index is 1100. The molecule has 0 radical (unpaired) electrons. The van der Waals surface area contributed by atoms with Crippen molar-refractivity contribution in [3.05, 3.63) is 66.0 Å². The maximum Gasteiger partial charge on any atom is 0.251 e. The van der Waals surface area contributed by atoms with Crippen molar-refractivity contribution in [1.82, 2.24) is 24.7 Å². The van der Waals surface area contributed by atoms with Crippen molar-refractivity contribution in [2.75, 3.05) is 51.3 Å². The minimum atomic E-state index is -0.0471. The highest BCUT2D eigenvalue weighted by Crippen LogP contribution is 2.25. The van der Waals surface area contributed by atoms with Gasteiger partial charge in [0.15, 0.2) is 5.82 Å². The number of hydrogen-bond acceptors (Lipinski definition) is 8. The van der Waals surface area contributed by atoms with Crippen molar-refractivity contribution in [2.45, 2.75) is 11.8 Å². The van der Waals surface area contributed by atoms with Crippen LogP contribution in [0.1, 0.15) is 16.1 Å². The van der Waals surface area contributed by atoms with Gasteiger partial charge in [-0.15, -0.1) is 0 Å². The molecule has 0 saturated carbocycles. The van der Waals surface area contributed by atoms with Gasteiger partial charge in [0.1, 0.15) is 12.7 Å². The van der Waals surface area contributed by atoms with Crippen LogP contribution in [0.25, 0.3) is 0 Å². The number of quaternary nitrogens is 1. The average molecular weight is 482 g/mol. The van der Waals surface area contributed by atoms with Crippen molar-refractivity contribution in [3.63, 3.8) is 0 Å². The first-order valence-electron chi connectivity index (χ1n) is 11.4. The van der Waals surface area contributed by atoms with Gasteiger partial charge < -0.3 is 10.1 Å². The van der Waals surface area contributed by atoms with Crippen LogP contribution in [-0.2, 0) is 4.74 Å². The molecule has 10 nitrogen and oxygen atoms in total. The zero-order valence-corrected chi connectivity index (χ0v) is 19.9. The number of H-pyrrole nitrogens is 1. The Labute approximate surface area is 202 Å². The van der Waals surface area contributed by atoms with Crippen LogP contribution in [-0.4, -0.2) is 77.1 Å². The number of amidine groups is 1. The van der Waals surface area contributed by atoms with E-state index in [2.05, 4.69) is 41.2 Å². The number of amides is 1. The number of benzene rings is 1. The van der Waals surface area contributed by atoms with Gasteiger partial charge in [0, 0.05) is 48.4 Å². The van der Waals surface area contributed by atoms with Crippen molar-refractivity contribution in [2.24, 2.45) is 4.99 Å². The third kappa shape index (κ3) is 5.50. The molecule has 1 atom stereocenters. The molecule has 1 saturated heterocycles. The minimum Gasteiger partial charge on any atom is -0.379 e. The Hall–Kier alpha value is -3.12. The molecule has 34 heavy (non-hydrogen) atoms. The quantitative estimate of drug-likeness (QED) is 0.414. The molecule has 1 aromatic carbocycles. The smallest absolute Gasteiger partial charge is 0.251 e. The van der Waals surface area contributed by atoms with E-state index in [0.717, 1.165) is 65.8 Å². The lowest BCUT2D eigenvalue weighted by atomic mass is 10.2. The predicted octanol–water partition coefficient (Wildman–Crippen LogP) is 0.782. The molecule has 1 aromatic heterocycles. The number of aromatic amines is 1. The van der Waals surface area contributed by atoms with Gasteiger partial charge in [-0.25, -0.2) is 9.89 Å². The fourth-order valence-electron chi connectivity index (χ4n) is 3.98. The summed E-state index contributed by atoms with van der Waals surface area (Å²) in [5.41, 5.74) is 1.66. The molecule has 0 bridgehead atoms. The summed E-state index contributed by atoms with van der Waals surface area (Å²) in [5, 5.41) is 13.6. The van der Waals surface area contributed by atoms with E-state index in [9.17, 15) is 4.79 Å². The summed E-state index contributed by atoms with van der Waals surface area (Å²) in [6.07, 6.45) is 5.92. The fraction of sp³-hybridized carbons (Fsp3) is 0.348. The number of rotatable bonds is 8. The lowest BCUT2D eigenvalue weighted by Gasteiger charge is -2.27. The van der Waals surface area contributed by atoms with Crippen molar-refractivity contribution in [3.8, 4) is 0 Å². The SMILES string of the molecule is Cc1cc(NC2=CN(Sc3ccc(C(=O)NCCN4CCOCC4)cc3)CC3=NC=C[NH+]23)n[nH]1. The molecule has 178 valence electrons. The third-order valence-electron chi connectivity index (χ3n) is 5.78. The number of fused-ring (bicyclic) bond motifs is 1. The number of hydrogen-bond donors (Lipinski definition) is 4. The second-order valence-corrected chi connectivity index (χ2v) is 9.43. The van der Waals surface area contributed by atoms with Gasteiger partial charge in [0.25, 0.3) is 5.91 Å². The highest BCUT2D eigenvalue weighted by molar-refractivity contribution is 7.97. The Balaban J connectivity index is 1.18. The number of nitrogens with one attached hydrogen (secondary N) is 4. The molecule has 3 aliphatic heterocycles. The first-order valence-corrected chi connectivity index (χ1v) is 12.2. The minimum absolute atomic E-state index is 0.0471. The first kappa shape index (κ1) is 22.7. The molecule has 4 heterocycles. The zero-order chi connectivity index (χ0) is 23.3. The zero-order valence-electron chi connectivity index (χ0n) is 19.1. The Morgan fingerprint density at radius 2 is 2.09 bits per heavy atom. The number of anilines is 1. The average Bonchev–Trinajstić information content (AvgIpc) is 3.49. The summed E-state index contributed by atoms with van der Waals surface area (Å²) < 4.78 is 7.49. The maximum absolute atomic E-state index is 12.5. The summed E-state index contributed by atoms with van der Waals surface area (Å²) in [6, 6.07) is 9.67. The number of morpholine rings is 1. The van der Waals surface area contributed by atoms with Crippen LogP contribution in [0.5, 0.6) is 0 Å².